The molecule has 0 bridgehead atoms. The average Bonchev–Trinajstić information content (AvgIpc) is 2.38. The molecule has 0 amide bonds. The fourth-order valence-corrected chi connectivity index (χ4v) is 1.43. The molecule has 0 aliphatic carbocycles. The van der Waals surface area contributed by atoms with Gasteiger partial charge in [-0.25, -0.2) is 4.79 Å². The highest BCUT2D eigenvalue weighted by Gasteiger charge is 2.04. The largest absolute Gasteiger partial charge is 0.494 e. The molecular weight excluding hydrogens is 228 g/mol. The zero-order valence-corrected chi connectivity index (χ0v) is 11.2. The number of rotatable bonds is 6. The maximum atomic E-state index is 11.4. The summed E-state index contributed by atoms with van der Waals surface area (Å²) in [7, 11) is 0. The molecule has 0 N–H and O–H groups in total. The van der Waals surface area contributed by atoms with Gasteiger partial charge in [-0.05, 0) is 44.0 Å². The Balaban J connectivity index is 2.67. The number of hydrogen-bond acceptors (Lipinski definition) is 3. The molecule has 1 rings (SSSR count). The van der Waals surface area contributed by atoms with Crippen LogP contribution in [0.1, 0.15) is 32.8 Å². The maximum absolute atomic E-state index is 11.4. The van der Waals surface area contributed by atoms with Crippen molar-refractivity contribution in [3.63, 3.8) is 0 Å². The SMILES string of the molecule is CCCOc1ccc(C=C(C)C(=O)OCC)cc1. The van der Waals surface area contributed by atoms with Gasteiger partial charge < -0.3 is 9.47 Å². The molecule has 0 spiro atoms. The van der Waals surface area contributed by atoms with E-state index in [1.165, 1.54) is 0 Å². The Bertz CT molecular complexity index is 404. The molecule has 1 aromatic rings. The van der Waals surface area contributed by atoms with Crippen LogP contribution in [0, 0.1) is 0 Å². The summed E-state index contributed by atoms with van der Waals surface area (Å²) < 4.78 is 10.4. The second-order valence-corrected chi connectivity index (χ2v) is 3.97. The van der Waals surface area contributed by atoms with Gasteiger partial charge in [0.2, 0.25) is 0 Å². The van der Waals surface area contributed by atoms with E-state index in [4.69, 9.17) is 9.47 Å². The van der Waals surface area contributed by atoms with Gasteiger partial charge in [0, 0.05) is 5.57 Å². The smallest absolute Gasteiger partial charge is 0.333 e. The molecule has 98 valence electrons. The Kier molecular flexibility index (Phi) is 5.98. The highest BCUT2D eigenvalue weighted by Crippen LogP contribution is 2.15. The van der Waals surface area contributed by atoms with Crippen LogP contribution >= 0.6 is 0 Å². The molecule has 0 atom stereocenters. The summed E-state index contributed by atoms with van der Waals surface area (Å²) in [6.07, 6.45) is 2.80. The standard InChI is InChI=1S/C15H20O3/c1-4-10-18-14-8-6-13(7-9-14)11-12(3)15(16)17-5-2/h6-9,11H,4-5,10H2,1-3H3. The van der Waals surface area contributed by atoms with Crippen molar-refractivity contribution in [3.05, 3.63) is 35.4 Å². The predicted molar refractivity (Wildman–Crippen MR) is 72.5 cm³/mol. The first kappa shape index (κ1) is 14.3. The van der Waals surface area contributed by atoms with Crippen LogP contribution in [-0.2, 0) is 9.53 Å². The van der Waals surface area contributed by atoms with Gasteiger partial charge in [0.05, 0.1) is 13.2 Å². The van der Waals surface area contributed by atoms with Gasteiger partial charge in [0.1, 0.15) is 5.75 Å². The van der Waals surface area contributed by atoms with Crippen molar-refractivity contribution in [3.8, 4) is 5.75 Å². The van der Waals surface area contributed by atoms with Crippen LogP contribution in [0.15, 0.2) is 29.8 Å². The lowest BCUT2D eigenvalue weighted by molar-refractivity contribution is -0.138. The normalized spacial score (nSPS) is 11.2. The Morgan fingerprint density at radius 2 is 1.89 bits per heavy atom. The van der Waals surface area contributed by atoms with Crippen molar-refractivity contribution >= 4 is 12.0 Å². The van der Waals surface area contributed by atoms with Gasteiger partial charge in [-0.1, -0.05) is 19.1 Å². The van der Waals surface area contributed by atoms with Crippen molar-refractivity contribution in [1.29, 1.82) is 0 Å². The third-order valence-electron chi connectivity index (χ3n) is 2.33. The monoisotopic (exact) mass is 248 g/mol. The van der Waals surface area contributed by atoms with E-state index < -0.39 is 0 Å². The number of hydrogen-bond donors (Lipinski definition) is 0. The third kappa shape index (κ3) is 4.62. The van der Waals surface area contributed by atoms with Gasteiger partial charge in [-0.2, -0.15) is 0 Å². The van der Waals surface area contributed by atoms with E-state index in [-0.39, 0.29) is 5.97 Å². The van der Waals surface area contributed by atoms with E-state index in [1.807, 2.05) is 30.3 Å². The number of esters is 1. The van der Waals surface area contributed by atoms with E-state index in [0.29, 0.717) is 12.2 Å². The first-order valence-electron chi connectivity index (χ1n) is 6.25. The zero-order chi connectivity index (χ0) is 13.4. The second-order valence-electron chi connectivity index (χ2n) is 3.97. The minimum absolute atomic E-state index is 0.274. The summed E-state index contributed by atoms with van der Waals surface area (Å²) in [5.41, 5.74) is 1.56. The summed E-state index contributed by atoms with van der Waals surface area (Å²) in [5.74, 6) is 0.576. The summed E-state index contributed by atoms with van der Waals surface area (Å²) >= 11 is 0. The lowest BCUT2D eigenvalue weighted by atomic mass is 10.1. The second kappa shape index (κ2) is 7.54. The maximum Gasteiger partial charge on any atom is 0.333 e. The predicted octanol–water partition coefficient (Wildman–Crippen LogP) is 3.44. The molecule has 0 aliphatic heterocycles. The van der Waals surface area contributed by atoms with Gasteiger partial charge in [0.25, 0.3) is 0 Å². The van der Waals surface area contributed by atoms with Crippen LogP contribution in [0.3, 0.4) is 0 Å². The molecule has 0 aliphatic rings. The highest BCUT2D eigenvalue weighted by molar-refractivity contribution is 5.92. The van der Waals surface area contributed by atoms with E-state index in [1.54, 1.807) is 13.8 Å². The minimum atomic E-state index is -0.274. The average molecular weight is 248 g/mol. The van der Waals surface area contributed by atoms with E-state index in [2.05, 4.69) is 6.92 Å². The fraction of sp³-hybridized carbons (Fsp3) is 0.400. The van der Waals surface area contributed by atoms with E-state index in [0.717, 1.165) is 24.3 Å². The Labute approximate surface area is 108 Å². The number of benzene rings is 1. The van der Waals surface area contributed by atoms with Crippen molar-refractivity contribution in [1.82, 2.24) is 0 Å². The van der Waals surface area contributed by atoms with Gasteiger partial charge >= 0.3 is 5.97 Å². The van der Waals surface area contributed by atoms with Crippen LogP contribution in [0.5, 0.6) is 5.75 Å². The van der Waals surface area contributed by atoms with Crippen molar-refractivity contribution in [2.75, 3.05) is 13.2 Å². The van der Waals surface area contributed by atoms with Crippen molar-refractivity contribution < 1.29 is 14.3 Å². The summed E-state index contributed by atoms with van der Waals surface area (Å²) in [4.78, 5) is 11.4. The Morgan fingerprint density at radius 1 is 1.22 bits per heavy atom. The van der Waals surface area contributed by atoms with Gasteiger partial charge in [0.15, 0.2) is 0 Å². The topological polar surface area (TPSA) is 35.5 Å². The lowest BCUT2D eigenvalue weighted by Crippen LogP contribution is -2.04. The fourth-order valence-electron chi connectivity index (χ4n) is 1.43. The molecular formula is C15H20O3. The van der Waals surface area contributed by atoms with E-state index in [9.17, 15) is 4.79 Å². The molecule has 0 unspecified atom stereocenters. The Morgan fingerprint density at radius 3 is 2.44 bits per heavy atom. The Hall–Kier alpha value is -1.77. The summed E-state index contributed by atoms with van der Waals surface area (Å²) in [5, 5.41) is 0. The molecule has 0 heterocycles. The summed E-state index contributed by atoms with van der Waals surface area (Å²) in [6.45, 7) is 6.73. The number of carbonyl (C=O) groups excluding carboxylic acids is 1. The van der Waals surface area contributed by atoms with Gasteiger partial charge in [-0.15, -0.1) is 0 Å². The van der Waals surface area contributed by atoms with Crippen LogP contribution < -0.4 is 4.74 Å². The third-order valence-corrected chi connectivity index (χ3v) is 2.33. The quantitative estimate of drug-likeness (QED) is 0.571. The van der Waals surface area contributed by atoms with Crippen molar-refractivity contribution in [2.24, 2.45) is 0 Å². The molecule has 3 nitrogen and oxygen atoms in total. The van der Waals surface area contributed by atoms with Crippen LogP contribution in [-0.4, -0.2) is 19.2 Å². The molecule has 0 saturated carbocycles. The van der Waals surface area contributed by atoms with Gasteiger partial charge in [-0.3, -0.25) is 0 Å². The molecule has 0 saturated heterocycles. The molecule has 0 fully saturated rings. The zero-order valence-electron chi connectivity index (χ0n) is 11.2. The molecule has 0 aromatic heterocycles. The molecule has 0 radical (unpaired) electrons. The molecule has 3 heteroatoms. The molecule has 1 aromatic carbocycles. The van der Waals surface area contributed by atoms with Crippen LogP contribution in [0.2, 0.25) is 0 Å². The first-order valence-corrected chi connectivity index (χ1v) is 6.25. The van der Waals surface area contributed by atoms with Crippen LogP contribution in [0.25, 0.3) is 6.08 Å². The van der Waals surface area contributed by atoms with Crippen molar-refractivity contribution in [2.45, 2.75) is 27.2 Å². The lowest BCUT2D eigenvalue weighted by Gasteiger charge is -2.05. The first-order chi connectivity index (χ1) is 8.67. The highest BCUT2D eigenvalue weighted by atomic mass is 16.5. The number of ether oxygens (including phenoxy) is 2. The number of carbonyl (C=O) groups is 1. The minimum Gasteiger partial charge on any atom is -0.494 e. The van der Waals surface area contributed by atoms with Crippen LogP contribution in [0.4, 0.5) is 0 Å². The van der Waals surface area contributed by atoms with E-state index >= 15 is 0 Å². The molecule has 18 heavy (non-hydrogen) atoms. The summed E-state index contributed by atoms with van der Waals surface area (Å²) in [6, 6.07) is 7.65.